The van der Waals surface area contributed by atoms with Crippen LogP contribution in [0.4, 0.5) is 0 Å². The van der Waals surface area contributed by atoms with Gasteiger partial charge in [0.25, 0.3) is 5.91 Å². The number of amides is 1. The summed E-state index contributed by atoms with van der Waals surface area (Å²) in [5, 5.41) is 2.72. The van der Waals surface area contributed by atoms with Crippen molar-refractivity contribution in [3.05, 3.63) is 65.2 Å². The molecule has 154 valence electrons. The van der Waals surface area contributed by atoms with E-state index in [2.05, 4.69) is 5.32 Å². The van der Waals surface area contributed by atoms with Crippen LogP contribution in [-0.4, -0.2) is 36.9 Å². The Balaban J connectivity index is 1.97. The standard InChI is InChI=1S/C23H27NO5/c1-5-28-18-12-10-17(11-13-18)20(25)14-29-23(27)21(15(2)3)24-22(26)19-9-7-6-8-16(19)4/h6-13,15,21H,5,14H2,1-4H3,(H,24,26)/t21-/m0/s1. The number of aryl methyl sites for hydroxylation is 1. The molecule has 2 aromatic rings. The Hall–Kier alpha value is -3.15. The molecule has 0 aliphatic heterocycles. The van der Waals surface area contributed by atoms with E-state index in [-0.39, 0.29) is 17.6 Å². The Bertz CT molecular complexity index is 858. The van der Waals surface area contributed by atoms with Crippen molar-refractivity contribution in [3.63, 3.8) is 0 Å². The zero-order valence-corrected chi connectivity index (χ0v) is 17.2. The molecule has 1 N–H and O–H groups in total. The van der Waals surface area contributed by atoms with E-state index in [1.54, 1.807) is 50.2 Å². The molecule has 2 rings (SSSR count). The summed E-state index contributed by atoms with van der Waals surface area (Å²) >= 11 is 0. The van der Waals surface area contributed by atoms with Crippen LogP contribution in [0.15, 0.2) is 48.5 Å². The molecule has 0 saturated carbocycles. The lowest BCUT2D eigenvalue weighted by atomic mass is 10.0. The molecule has 0 aliphatic carbocycles. The minimum absolute atomic E-state index is 0.198. The number of Topliss-reactive ketones (excluding diaryl/α,β-unsaturated/α-hetero) is 1. The lowest BCUT2D eigenvalue weighted by Gasteiger charge is -2.21. The fraction of sp³-hybridized carbons (Fsp3) is 0.348. The van der Waals surface area contributed by atoms with Gasteiger partial charge in [-0.25, -0.2) is 4.79 Å². The molecule has 29 heavy (non-hydrogen) atoms. The summed E-state index contributed by atoms with van der Waals surface area (Å²) in [4.78, 5) is 37.3. The van der Waals surface area contributed by atoms with Crippen molar-refractivity contribution < 1.29 is 23.9 Å². The summed E-state index contributed by atoms with van der Waals surface area (Å²) in [6.45, 7) is 7.46. The van der Waals surface area contributed by atoms with E-state index in [0.717, 1.165) is 5.56 Å². The monoisotopic (exact) mass is 397 g/mol. The van der Waals surface area contributed by atoms with Gasteiger partial charge in [-0.05, 0) is 55.7 Å². The van der Waals surface area contributed by atoms with Crippen LogP contribution in [0.5, 0.6) is 5.75 Å². The molecule has 6 nitrogen and oxygen atoms in total. The maximum atomic E-state index is 12.5. The van der Waals surface area contributed by atoms with Crippen LogP contribution < -0.4 is 10.1 Å². The number of ether oxygens (including phenoxy) is 2. The van der Waals surface area contributed by atoms with E-state index in [4.69, 9.17) is 9.47 Å². The lowest BCUT2D eigenvalue weighted by molar-refractivity contribution is -0.145. The lowest BCUT2D eigenvalue weighted by Crippen LogP contribution is -2.45. The molecule has 0 spiro atoms. The summed E-state index contributed by atoms with van der Waals surface area (Å²) in [7, 11) is 0. The highest BCUT2D eigenvalue weighted by Gasteiger charge is 2.27. The molecule has 0 fully saturated rings. The van der Waals surface area contributed by atoms with Crippen LogP contribution in [0.1, 0.15) is 47.1 Å². The van der Waals surface area contributed by atoms with Crippen LogP contribution in [0.2, 0.25) is 0 Å². The van der Waals surface area contributed by atoms with Crippen molar-refractivity contribution in [1.82, 2.24) is 5.32 Å². The molecule has 0 aromatic heterocycles. The van der Waals surface area contributed by atoms with Crippen molar-refractivity contribution >= 4 is 17.7 Å². The number of rotatable bonds is 9. The van der Waals surface area contributed by atoms with Crippen LogP contribution in [0.3, 0.4) is 0 Å². The van der Waals surface area contributed by atoms with Gasteiger partial charge in [0.2, 0.25) is 0 Å². The van der Waals surface area contributed by atoms with E-state index < -0.39 is 18.6 Å². The number of esters is 1. The third-order valence-electron chi connectivity index (χ3n) is 4.43. The molecule has 0 unspecified atom stereocenters. The van der Waals surface area contributed by atoms with Crippen molar-refractivity contribution in [3.8, 4) is 5.75 Å². The third kappa shape index (κ3) is 6.17. The van der Waals surface area contributed by atoms with Crippen LogP contribution in [-0.2, 0) is 9.53 Å². The van der Waals surface area contributed by atoms with Crippen LogP contribution >= 0.6 is 0 Å². The Kier molecular flexibility index (Phi) is 7.95. The van der Waals surface area contributed by atoms with Gasteiger partial charge < -0.3 is 14.8 Å². The molecule has 6 heteroatoms. The predicted octanol–water partition coefficient (Wildman–Crippen LogP) is 3.57. The molecule has 0 radical (unpaired) electrons. The molecule has 0 saturated heterocycles. The molecule has 1 atom stereocenters. The topological polar surface area (TPSA) is 81.7 Å². The van der Waals surface area contributed by atoms with Crippen molar-refractivity contribution in [2.45, 2.75) is 33.7 Å². The highest BCUT2D eigenvalue weighted by atomic mass is 16.5. The molecule has 1 amide bonds. The van der Waals surface area contributed by atoms with Gasteiger partial charge in [-0.3, -0.25) is 9.59 Å². The molecule has 0 aliphatic rings. The summed E-state index contributed by atoms with van der Waals surface area (Å²) in [5.74, 6) is -0.845. The number of ketones is 1. The fourth-order valence-corrected chi connectivity index (χ4v) is 2.76. The molecule has 0 heterocycles. The van der Waals surface area contributed by atoms with Crippen LogP contribution in [0.25, 0.3) is 0 Å². The maximum Gasteiger partial charge on any atom is 0.329 e. The fourth-order valence-electron chi connectivity index (χ4n) is 2.76. The molecule has 2 aromatic carbocycles. The van der Waals surface area contributed by atoms with Gasteiger partial charge in [0.05, 0.1) is 6.61 Å². The molecular weight excluding hydrogens is 370 g/mol. The number of carbonyl (C=O) groups is 3. The minimum Gasteiger partial charge on any atom is -0.494 e. The van der Waals surface area contributed by atoms with Crippen LogP contribution in [0, 0.1) is 12.8 Å². The first-order valence-electron chi connectivity index (χ1n) is 9.62. The van der Waals surface area contributed by atoms with Gasteiger partial charge in [0.1, 0.15) is 11.8 Å². The second-order valence-electron chi connectivity index (χ2n) is 7.00. The van der Waals surface area contributed by atoms with E-state index in [0.29, 0.717) is 23.5 Å². The number of nitrogens with one attached hydrogen (secondary N) is 1. The van der Waals surface area contributed by atoms with Gasteiger partial charge in [-0.1, -0.05) is 32.0 Å². The second kappa shape index (κ2) is 10.4. The predicted molar refractivity (Wildman–Crippen MR) is 110 cm³/mol. The number of carbonyl (C=O) groups excluding carboxylic acids is 3. The van der Waals surface area contributed by atoms with E-state index in [1.165, 1.54) is 0 Å². The zero-order chi connectivity index (χ0) is 21.4. The highest BCUT2D eigenvalue weighted by molar-refractivity contribution is 6.00. The summed E-state index contributed by atoms with van der Waals surface area (Å²) < 4.78 is 10.5. The van der Waals surface area contributed by atoms with Gasteiger partial charge >= 0.3 is 5.97 Å². The second-order valence-corrected chi connectivity index (χ2v) is 7.00. The first-order valence-corrected chi connectivity index (χ1v) is 9.62. The number of benzene rings is 2. The summed E-state index contributed by atoms with van der Waals surface area (Å²) in [5.41, 5.74) is 1.73. The zero-order valence-electron chi connectivity index (χ0n) is 17.2. The van der Waals surface area contributed by atoms with Gasteiger partial charge in [-0.15, -0.1) is 0 Å². The first-order chi connectivity index (χ1) is 13.8. The van der Waals surface area contributed by atoms with Crippen molar-refractivity contribution in [2.24, 2.45) is 5.92 Å². The largest absolute Gasteiger partial charge is 0.494 e. The molecular formula is C23H27NO5. The summed E-state index contributed by atoms with van der Waals surface area (Å²) in [6, 6.07) is 12.9. The first kappa shape index (κ1) is 22.1. The van der Waals surface area contributed by atoms with Gasteiger partial charge in [0, 0.05) is 11.1 Å². The number of hydrogen-bond acceptors (Lipinski definition) is 5. The average Bonchev–Trinajstić information content (AvgIpc) is 2.70. The Labute approximate surface area is 171 Å². The highest BCUT2D eigenvalue weighted by Crippen LogP contribution is 2.14. The number of hydrogen-bond donors (Lipinski definition) is 1. The maximum absolute atomic E-state index is 12.5. The van der Waals surface area contributed by atoms with Crippen molar-refractivity contribution in [1.29, 1.82) is 0 Å². The SMILES string of the molecule is CCOc1ccc(C(=O)COC(=O)[C@@H](NC(=O)c2ccccc2C)C(C)C)cc1. The van der Waals surface area contributed by atoms with E-state index >= 15 is 0 Å². The Morgan fingerprint density at radius 1 is 1.00 bits per heavy atom. The summed E-state index contributed by atoms with van der Waals surface area (Å²) in [6.07, 6.45) is 0. The third-order valence-corrected chi connectivity index (χ3v) is 4.43. The Morgan fingerprint density at radius 2 is 1.66 bits per heavy atom. The van der Waals surface area contributed by atoms with E-state index in [1.807, 2.05) is 26.0 Å². The minimum atomic E-state index is -0.852. The van der Waals surface area contributed by atoms with E-state index in [9.17, 15) is 14.4 Å². The van der Waals surface area contributed by atoms with Crippen molar-refractivity contribution in [2.75, 3.05) is 13.2 Å². The average molecular weight is 397 g/mol. The smallest absolute Gasteiger partial charge is 0.329 e. The van der Waals surface area contributed by atoms with Gasteiger partial charge in [-0.2, -0.15) is 0 Å². The normalized spacial score (nSPS) is 11.6. The molecule has 0 bridgehead atoms. The quantitative estimate of drug-likeness (QED) is 0.517. The Morgan fingerprint density at radius 3 is 2.24 bits per heavy atom. The van der Waals surface area contributed by atoms with Gasteiger partial charge in [0.15, 0.2) is 12.4 Å².